The molecule has 5 rings (SSSR count). The van der Waals surface area contributed by atoms with Crippen LogP contribution >= 0.6 is 0 Å². The molecule has 11 heteroatoms. The second kappa shape index (κ2) is 8.99. The highest BCUT2D eigenvalue weighted by molar-refractivity contribution is 6.10. The fourth-order valence-electron chi connectivity index (χ4n) is 4.26. The zero-order chi connectivity index (χ0) is 23.8. The van der Waals surface area contributed by atoms with Crippen molar-refractivity contribution in [3.63, 3.8) is 0 Å². The minimum atomic E-state index is -1.54. The van der Waals surface area contributed by atoms with Crippen LogP contribution in [0.3, 0.4) is 0 Å². The Bertz CT molecular complexity index is 1240. The molecule has 2 atom stereocenters. The molecule has 2 amide bonds. The molecule has 0 spiro atoms. The molecule has 2 aromatic heterocycles. The number of hydrogen-bond acceptors (Lipinski definition) is 7. The lowest BCUT2D eigenvalue weighted by atomic mass is 10.1. The number of aliphatic hydroxyl groups is 1. The first kappa shape index (κ1) is 22.2. The number of benzene rings is 1. The fraction of sp³-hybridized carbons (Fsp3) is 0.391. The Hall–Kier alpha value is -3.57. The molecule has 2 N–H and O–H groups in total. The number of morpholine rings is 1. The number of fused-ring (bicyclic) bond motifs is 2. The fourth-order valence-corrected chi connectivity index (χ4v) is 4.26. The topological polar surface area (TPSA) is 112 Å². The van der Waals surface area contributed by atoms with Crippen molar-refractivity contribution >= 4 is 28.8 Å². The number of alkyl halides is 1. The number of aromatic nitrogens is 3. The summed E-state index contributed by atoms with van der Waals surface area (Å²) in [6.07, 6.45) is 2.05. The number of hydrogen-bond donors (Lipinski definition) is 2. The minimum absolute atomic E-state index is 0.200. The number of aliphatic hydroxyl groups excluding tert-OH is 1. The lowest BCUT2D eigenvalue weighted by Gasteiger charge is -2.31. The van der Waals surface area contributed by atoms with Crippen LogP contribution in [-0.2, 0) is 11.3 Å². The van der Waals surface area contributed by atoms with Gasteiger partial charge in [-0.25, -0.2) is 13.9 Å². The predicted molar refractivity (Wildman–Crippen MR) is 122 cm³/mol. The molecule has 0 saturated carbocycles. The van der Waals surface area contributed by atoms with Crippen LogP contribution in [0.25, 0.3) is 5.65 Å². The van der Waals surface area contributed by atoms with Gasteiger partial charge in [0.25, 0.3) is 11.8 Å². The predicted octanol–water partition coefficient (Wildman–Crippen LogP) is 1.49. The standard InChI is InChI=1S/C23H25FN6O4/c1-14(31)18(24)13-29-12-15-9-19(20(10-16(15)23(29)33)28-5-7-34-8-6-28)27-22(32)17-11-26-30-4-2-3-25-21(17)30/h2-4,9-11,14,18,31H,5-8,12-13H2,1H3,(H,27,32). The average molecular weight is 468 g/mol. The van der Waals surface area contributed by atoms with Crippen LogP contribution in [-0.4, -0.2) is 81.5 Å². The van der Waals surface area contributed by atoms with Gasteiger partial charge in [0.05, 0.1) is 43.4 Å². The van der Waals surface area contributed by atoms with E-state index in [2.05, 4.69) is 20.3 Å². The van der Waals surface area contributed by atoms with Gasteiger partial charge in [0.1, 0.15) is 11.7 Å². The van der Waals surface area contributed by atoms with E-state index in [0.29, 0.717) is 60.0 Å². The lowest BCUT2D eigenvalue weighted by molar-refractivity contribution is 0.0515. The van der Waals surface area contributed by atoms with Crippen LogP contribution in [0.5, 0.6) is 0 Å². The molecule has 0 aliphatic carbocycles. The van der Waals surface area contributed by atoms with E-state index in [1.807, 2.05) is 0 Å². The molecule has 2 unspecified atom stereocenters. The molecule has 1 fully saturated rings. The Morgan fingerprint density at radius 1 is 1.32 bits per heavy atom. The van der Waals surface area contributed by atoms with Crippen molar-refractivity contribution in [1.29, 1.82) is 0 Å². The number of carbonyl (C=O) groups excluding carboxylic acids is 2. The van der Waals surface area contributed by atoms with Gasteiger partial charge in [-0.15, -0.1) is 0 Å². The Kier molecular flexibility index (Phi) is 5.88. The first-order valence-electron chi connectivity index (χ1n) is 11.1. The third-order valence-electron chi connectivity index (χ3n) is 6.14. The monoisotopic (exact) mass is 468 g/mol. The number of amides is 2. The van der Waals surface area contributed by atoms with E-state index < -0.39 is 12.3 Å². The normalized spacial score (nSPS) is 17.7. The molecule has 2 aliphatic heterocycles. The molecular formula is C23H25FN6O4. The van der Waals surface area contributed by atoms with Crippen LogP contribution in [0.2, 0.25) is 0 Å². The van der Waals surface area contributed by atoms with Gasteiger partial charge in [-0.05, 0) is 30.7 Å². The highest BCUT2D eigenvalue weighted by Gasteiger charge is 2.33. The summed E-state index contributed by atoms with van der Waals surface area (Å²) in [5.74, 6) is -0.667. The maximum atomic E-state index is 14.1. The molecule has 0 radical (unpaired) electrons. The van der Waals surface area contributed by atoms with Crippen molar-refractivity contribution in [2.24, 2.45) is 0 Å². The molecule has 1 aromatic carbocycles. The summed E-state index contributed by atoms with van der Waals surface area (Å²) in [6.45, 7) is 3.62. The lowest BCUT2D eigenvalue weighted by Crippen LogP contribution is -2.37. The maximum Gasteiger partial charge on any atom is 0.261 e. The number of nitrogens with one attached hydrogen (secondary N) is 1. The van der Waals surface area contributed by atoms with Crippen molar-refractivity contribution in [3.8, 4) is 0 Å². The highest BCUT2D eigenvalue weighted by atomic mass is 19.1. The summed E-state index contributed by atoms with van der Waals surface area (Å²) < 4.78 is 21.1. The third kappa shape index (κ3) is 4.08. The molecule has 1 saturated heterocycles. The molecular weight excluding hydrogens is 443 g/mol. The van der Waals surface area contributed by atoms with Crippen LogP contribution in [0.15, 0.2) is 36.8 Å². The number of nitrogens with zero attached hydrogens (tertiary/aromatic N) is 5. The summed E-state index contributed by atoms with van der Waals surface area (Å²) in [7, 11) is 0. The van der Waals surface area contributed by atoms with Crippen molar-refractivity contribution in [2.45, 2.75) is 25.7 Å². The number of halogens is 1. The second-order valence-electron chi connectivity index (χ2n) is 8.47. The van der Waals surface area contributed by atoms with Crippen LogP contribution in [0, 0.1) is 0 Å². The first-order chi connectivity index (χ1) is 16.4. The summed E-state index contributed by atoms with van der Waals surface area (Å²) in [5, 5.41) is 16.7. The van der Waals surface area contributed by atoms with Gasteiger partial charge in [-0.2, -0.15) is 5.10 Å². The Balaban J connectivity index is 1.48. The largest absolute Gasteiger partial charge is 0.390 e. The summed E-state index contributed by atoms with van der Waals surface area (Å²) in [6, 6.07) is 5.24. The van der Waals surface area contributed by atoms with Crippen molar-refractivity contribution in [3.05, 3.63) is 53.5 Å². The second-order valence-corrected chi connectivity index (χ2v) is 8.47. The van der Waals surface area contributed by atoms with Crippen molar-refractivity contribution in [1.82, 2.24) is 19.5 Å². The van der Waals surface area contributed by atoms with Crippen LogP contribution < -0.4 is 10.2 Å². The van der Waals surface area contributed by atoms with Gasteiger partial charge in [-0.3, -0.25) is 9.59 Å². The average Bonchev–Trinajstić information content (AvgIpc) is 3.40. The van der Waals surface area contributed by atoms with Gasteiger partial charge in [-0.1, -0.05) is 0 Å². The number of ether oxygens (including phenoxy) is 1. The van der Waals surface area contributed by atoms with E-state index in [1.54, 1.807) is 30.6 Å². The van der Waals surface area contributed by atoms with E-state index in [9.17, 15) is 19.1 Å². The molecule has 34 heavy (non-hydrogen) atoms. The van der Waals surface area contributed by atoms with Crippen LogP contribution in [0.1, 0.15) is 33.2 Å². The van der Waals surface area contributed by atoms with Crippen molar-refractivity contribution < 1.29 is 23.8 Å². The maximum absolute atomic E-state index is 14.1. The van der Waals surface area contributed by atoms with Gasteiger partial charge in [0.15, 0.2) is 5.65 Å². The van der Waals surface area contributed by atoms with Gasteiger partial charge < -0.3 is 25.0 Å². The zero-order valence-corrected chi connectivity index (χ0v) is 18.6. The number of carbonyl (C=O) groups is 2. The molecule has 10 nitrogen and oxygen atoms in total. The van der Waals surface area contributed by atoms with E-state index >= 15 is 0 Å². The van der Waals surface area contributed by atoms with Crippen molar-refractivity contribution in [2.75, 3.05) is 43.1 Å². The van der Waals surface area contributed by atoms with Gasteiger partial charge in [0.2, 0.25) is 0 Å². The van der Waals surface area contributed by atoms with Crippen LogP contribution in [0.4, 0.5) is 15.8 Å². The van der Waals surface area contributed by atoms with Gasteiger partial charge >= 0.3 is 0 Å². The summed E-state index contributed by atoms with van der Waals surface area (Å²) in [5.41, 5.74) is 3.15. The van der Waals surface area contributed by atoms with E-state index in [4.69, 9.17) is 4.74 Å². The minimum Gasteiger partial charge on any atom is -0.390 e. The molecule has 0 bridgehead atoms. The molecule has 4 heterocycles. The number of rotatable bonds is 6. The smallest absolute Gasteiger partial charge is 0.261 e. The zero-order valence-electron chi connectivity index (χ0n) is 18.6. The molecule has 3 aromatic rings. The highest BCUT2D eigenvalue weighted by Crippen LogP contribution is 2.35. The van der Waals surface area contributed by atoms with E-state index in [1.165, 1.54) is 22.5 Å². The van der Waals surface area contributed by atoms with E-state index in [-0.39, 0.29) is 24.9 Å². The quantitative estimate of drug-likeness (QED) is 0.564. The first-order valence-corrected chi connectivity index (χ1v) is 11.1. The third-order valence-corrected chi connectivity index (χ3v) is 6.14. The van der Waals surface area contributed by atoms with E-state index in [0.717, 1.165) is 0 Å². The Morgan fingerprint density at radius 2 is 2.12 bits per heavy atom. The van der Waals surface area contributed by atoms with Gasteiger partial charge in [0, 0.05) is 37.6 Å². The Labute approximate surface area is 194 Å². The summed E-state index contributed by atoms with van der Waals surface area (Å²) >= 11 is 0. The SMILES string of the molecule is CC(O)C(F)CN1Cc2cc(NC(=O)c3cnn4cccnc34)c(N3CCOCC3)cc2C1=O. The number of anilines is 2. The molecule has 2 aliphatic rings. The summed E-state index contributed by atoms with van der Waals surface area (Å²) in [4.78, 5) is 33.8. The molecule has 178 valence electrons. The Morgan fingerprint density at radius 3 is 2.88 bits per heavy atom.